The van der Waals surface area contributed by atoms with Crippen molar-refractivity contribution in [3.05, 3.63) is 48.0 Å². The molecule has 164 valence electrons. The van der Waals surface area contributed by atoms with Gasteiger partial charge in [-0.1, -0.05) is 17.4 Å². The molecule has 0 spiro atoms. The molecular weight excluding hydrogens is 440 g/mol. The van der Waals surface area contributed by atoms with Crippen molar-refractivity contribution in [3.8, 4) is 22.1 Å². The largest absolute Gasteiger partial charge is 0.497 e. The third-order valence-corrected chi connectivity index (χ3v) is 6.31. The van der Waals surface area contributed by atoms with E-state index in [9.17, 15) is 13.2 Å². The number of sulfonamides is 1. The number of hydrogen-bond donors (Lipinski definition) is 1. The Bertz CT molecular complexity index is 1180. The molecule has 1 amide bonds. The highest BCUT2D eigenvalue weighted by Gasteiger charge is 2.24. The van der Waals surface area contributed by atoms with E-state index in [0.29, 0.717) is 16.5 Å². The monoisotopic (exact) mass is 462 g/mol. The zero-order valence-corrected chi connectivity index (χ0v) is 19.1. The minimum absolute atomic E-state index is 0.264. The molecule has 31 heavy (non-hydrogen) atoms. The second-order valence-corrected chi connectivity index (χ2v) is 9.52. The zero-order valence-electron chi connectivity index (χ0n) is 17.4. The van der Waals surface area contributed by atoms with Gasteiger partial charge in [0.1, 0.15) is 23.1 Å². The molecule has 0 bridgehead atoms. The lowest BCUT2D eigenvalue weighted by molar-refractivity contribution is -0.114. The Balaban J connectivity index is 1.78. The first-order chi connectivity index (χ1) is 14.7. The molecule has 0 saturated heterocycles. The van der Waals surface area contributed by atoms with Crippen molar-refractivity contribution in [2.45, 2.75) is 6.92 Å². The van der Waals surface area contributed by atoms with E-state index in [1.54, 1.807) is 37.4 Å². The van der Waals surface area contributed by atoms with Gasteiger partial charge >= 0.3 is 0 Å². The van der Waals surface area contributed by atoms with Crippen LogP contribution in [0.1, 0.15) is 5.56 Å². The van der Waals surface area contributed by atoms with Crippen LogP contribution < -0.4 is 19.1 Å². The molecule has 0 aliphatic heterocycles. The first kappa shape index (κ1) is 22.5. The van der Waals surface area contributed by atoms with Crippen LogP contribution >= 0.6 is 11.3 Å². The Morgan fingerprint density at radius 3 is 2.42 bits per heavy atom. The van der Waals surface area contributed by atoms with E-state index in [1.807, 2.05) is 19.1 Å². The Morgan fingerprint density at radius 2 is 1.81 bits per heavy atom. The third kappa shape index (κ3) is 5.50. The number of aryl methyl sites for hydroxylation is 1. The number of hydrogen-bond acceptors (Lipinski definition) is 8. The van der Waals surface area contributed by atoms with E-state index in [4.69, 9.17) is 9.47 Å². The van der Waals surface area contributed by atoms with Crippen molar-refractivity contribution in [1.29, 1.82) is 0 Å². The van der Waals surface area contributed by atoms with E-state index >= 15 is 0 Å². The van der Waals surface area contributed by atoms with E-state index in [-0.39, 0.29) is 10.8 Å². The molecule has 0 radical (unpaired) electrons. The summed E-state index contributed by atoms with van der Waals surface area (Å²) in [6.07, 6.45) is 1.04. The average Bonchev–Trinajstić information content (AvgIpc) is 3.19. The standard InChI is InChI=1S/C20H22N4O5S2/c1-13-5-10-17(29-3)16(11-13)24(31(4,26)27)12-18(25)21-20-23-22-19(30-20)14-6-8-15(28-2)9-7-14/h5-11H,12H2,1-4H3,(H,21,23,25). The molecular formula is C20H22N4O5S2. The van der Waals surface area contributed by atoms with Gasteiger partial charge in [0.2, 0.25) is 21.1 Å². The molecule has 9 nitrogen and oxygen atoms in total. The van der Waals surface area contributed by atoms with Gasteiger partial charge in [0.25, 0.3) is 0 Å². The number of methoxy groups -OCH3 is 2. The SMILES string of the molecule is COc1ccc(-c2nnc(NC(=O)CN(c3cc(C)ccc3OC)S(C)(=O)=O)s2)cc1. The van der Waals surface area contributed by atoms with Crippen molar-refractivity contribution >= 4 is 38.1 Å². The lowest BCUT2D eigenvalue weighted by Gasteiger charge is -2.23. The van der Waals surface area contributed by atoms with Gasteiger partial charge in [0, 0.05) is 5.56 Å². The van der Waals surface area contributed by atoms with Gasteiger partial charge in [-0.05, 0) is 48.9 Å². The summed E-state index contributed by atoms with van der Waals surface area (Å²) >= 11 is 1.18. The molecule has 0 fully saturated rings. The molecule has 11 heteroatoms. The zero-order chi connectivity index (χ0) is 22.6. The maximum atomic E-state index is 12.6. The Hall–Kier alpha value is -3.18. The molecule has 1 aromatic heterocycles. The van der Waals surface area contributed by atoms with Crippen LogP contribution in [0.5, 0.6) is 11.5 Å². The van der Waals surface area contributed by atoms with Gasteiger partial charge in [-0.2, -0.15) is 0 Å². The third-order valence-electron chi connectivity index (χ3n) is 4.30. The van der Waals surface area contributed by atoms with Crippen molar-refractivity contribution in [2.24, 2.45) is 0 Å². The molecule has 2 aromatic carbocycles. The topological polar surface area (TPSA) is 111 Å². The molecule has 1 N–H and O–H groups in total. The quantitative estimate of drug-likeness (QED) is 0.548. The molecule has 0 atom stereocenters. The molecule has 1 heterocycles. The predicted octanol–water partition coefficient (Wildman–Crippen LogP) is 2.94. The number of nitrogens with one attached hydrogen (secondary N) is 1. The first-order valence-electron chi connectivity index (χ1n) is 9.11. The van der Waals surface area contributed by atoms with Crippen LogP contribution in [-0.2, 0) is 14.8 Å². The van der Waals surface area contributed by atoms with Crippen molar-refractivity contribution in [1.82, 2.24) is 10.2 Å². The summed E-state index contributed by atoms with van der Waals surface area (Å²) in [6.45, 7) is 1.39. The normalized spacial score (nSPS) is 11.1. The van der Waals surface area contributed by atoms with Crippen LogP contribution in [0.25, 0.3) is 10.6 Å². The summed E-state index contributed by atoms with van der Waals surface area (Å²) in [4.78, 5) is 12.6. The smallest absolute Gasteiger partial charge is 0.246 e. The van der Waals surface area contributed by atoms with Gasteiger partial charge in [-0.25, -0.2) is 8.42 Å². The molecule has 0 unspecified atom stereocenters. The first-order valence-corrected chi connectivity index (χ1v) is 11.8. The van der Waals surface area contributed by atoms with Gasteiger partial charge in [-0.3, -0.25) is 14.4 Å². The van der Waals surface area contributed by atoms with E-state index in [0.717, 1.165) is 21.7 Å². The molecule has 3 rings (SSSR count). The number of carbonyl (C=O) groups is 1. The fraction of sp³-hybridized carbons (Fsp3) is 0.250. The van der Waals surface area contributed by atoms with Crippen molar-refractivity contribution in [2.75, 3.05) is 36.6 Å². The maximum Gasteiger partial charge on any atom is 0.246 e. The highest BCUT2D eigenvalue weighted by atomic mass is 32.2. The van der Waals surface area contributed by atoms with Gasteiger partial charge in [0.05, 0.1) is 26.2 Å². The number of rotatable bonds is 8. The summed E-state index contributed by atoms with van der Waals surface area (Å²) in [6, 6.07) is 12.4. The van der Waals surface area contributed by atoms with Crippen LogP contribution in [0.4, 0.5) is 10.8 Å². The number of nitrogens with zero attached hydrogens (tertiary/aromatic N) is 3. The van der Waals surface area contributed by atoms with Crippen molar-refractivity contribution in [3.63, 3.8) is 0 Å². The van der Waals surface area contributed by atoms with E-state index in [2.05, 4.69) is 15.5 Å². The van der Waals surface area contributed by atoms with E-state index < -0.39 is 22.5 Å². The second kappa shape index (κ2) is 9.31. The summed E-state index contributed by atoms with van der Waals surface area (Å²) in [5.41, 5.74) is 1.94. The fourth-order valence-electron chi connectivity index (χ4n) is 2.79. The number of carbonyl (C=O) groups excluding carboxylic acids is 1. The number of benzene rings is 2. The van der Waals surface area contributed by atoms with Crippen LogP contribution in [0.2, 0.25) is 0 Å². The molecule has 0 aliphatic rings. The maximum absolute atomic E-state index is 12.6. The summed E-state index contributed by atoms with van der Waals surface area (Å²) in [5, 5.41) is 11.5. The lowest BCUT2D eigenvalue weighted by Crippen LogP contribution is -2.37. The van der Waals surface area contributed by atoms with Crippen LogP contribution in [0, 0.1) is 6.92 Å². The van der Waals surface area contributed by atoms with E-state index in [1.165, 1.54) is 18.4 Å². The second-order valence-electron chi connectivity index (χ2n) is 6.63. The minimum Gasteiger partial charge on any atom is -0.497 e. The van der Waals surface area contributed by atoms with Crippen molar-refractivity contribution < 1.29 is 22.7 Å². The minimum atomic E-state index is -3.75. The fourth-order valence-corrected chi connectivity index (χ4v) is 4.41. The summed E-state index contributed by atoms with van der Waals surface area (Å²) in [7, 11) is -0.727. The summed E-state index contributed by atoms with van der Waals surface area (Å²) in [5.74, 6) is 0.516. The predicted molar refractivity (Wildman–Crippen MR) is 120 cm³/mol. The van der Waals surface area contributed by atoms with Crippen LogP contribution in [-0.4, -0.2) is 51.5 Å². The Kier molecular flexibility index (Phi) is 6.76. The Labute approximate surface area is 184 Å². The van der Waals surface area contributed by atoms with Gasteiger partial charge in [-0.15, -0.1) is 10.2 Å². The van der Waals surface area contributed by atoms with Crippen LogP contribution in [0.15, 0.2) is 42.5 Å². The molecule has 0 aliphatic carbocycles. The molecule has 0 saturated carbocycles. The lowest BCUT2D eigenvalue weighted by atomic mass is 10.2. The van der Waals surface area contributed by atoms with Gasteiger partial charge in [0.15, 0.2) is 0 Å². The van der Waals surface area contributed by atoms with Gasteiger partial charge < -0.3 is 9.47 Å². The van der Waals surface area contributed by atoms with Crippen LogP contribution in [0.3, 0.4) is 0 Å². The summed E-state index contributed by atoms with van der Waals surface area (Å²) < 4.78 is 36.2. The number of amides is 1. The highest BCUT2D eigenvalue weighted by Crippen LogP contribution is 2.31. The highest BCUT2D eigenvalue weighted by molar-refractivity contribution is 7.92. The molecule has 3 aromatic rings. The average molecular weight is 463 g/mol. The number of ether oxygens (including phenoxy) is 2. The Morgan fingerprint density at radius 1 is 1.10 bits per heavy atom. The number of aromatic nitrogens is 2. The number of anilines is 2.